The molecule has 0 spiro atoms. The molecule has 0 amide bonds. The van der Waals surface area contributed by atoms with Gasteiger partial charge in [0.25, 0.3) is 0 Å². The zero-order chi connectivity index (χ0) is 21.5. The minimum Gasteiger partial charge on any atom is -0.458 e. The summed E-state index contributed by atoms with van der Waals surface area (Å²) in [6.07, 6.45) is -7.07. The van der Waals surface area contributed by atoms with Gasteiger partial charge in [0.1, 0.15) is 18.3 Å². The van der Waals surface area contributed by atoms with Crippen molar-refractivity contribution < 1.29 is 34.3 Å². The molecule has 30 heavy (non-hydrogen) atoms. The smallest absolute Gasteiger partial charge is 0.315 e. The van der Waals surface area contributed by atoms with Gasteiger partial charge in [0, 0.05) is 4.91 Å². The summed E-state index contributed by atoms with van der Waals surface area (Å²) >= 11 is 0. The van der Waals surface area contributed by atoms with E-state index in [4.69, 9.17) is 19.7 Å². The molecule has 3 N–H and O–H groups in total. The Kier molecular flexibility index (Phi) is 7.23. The lowest BCUT2D eigenvalue weighted by Crippen LogP contribution is -2.59. The summed E-state index contributed by atoms with van der Waals surface area (Å²) in [5.74, 6) is -0.324. The number of carbonyl (C=O) groups is 1. The third kappa shape index (κ3) is 5.26. The minimum absolute atomic E-state index is 0.0525. The summed E-state index contributed by atoms with van der Waals surface area (Å²) in [5, 5.41) is 33.6. The fourth-order valence-electron chi connectivity index (χ4n) is 2.96. The Morgan fingerprint density at radius 1 is 1.00 bits per heavy atom. The highest BCUT2D eigenvalue weighted by Crippen LogP contribution is 2.31. The average molecular weight is 415 g/mol. The maximum atomic E-state index is 12.3. The zero-order valence-electron chi connectivity index (χ0n) is 15.8. The molecule has 2 aromatic rings. The van der Waals surface area contributed by atoms with Crippen molar-refractivity contribution in [2.75, 3.05) is 6.54 Å². The maximum absolute atomic E-state index is 12.3. The second-order valence-electron chi connectivity index (χ2n) is 6.63. The van der Waals surface area contributed by atoms with E-state index < -0.39 is 36.7 Å². The van der Waals surface area contributed by atoms with Crippen LogP contribution in [0.4, 0.5) is 0 Å². The van der Waals surface area contributed by atoms with Gasteiger partial charge in [-0.05, 0) is 23.2 Å². The molecule has 3 rings (SSSR count). The number of azide groups is 1. The topological polar surface area (TPSA) is 154 Å². The van der Waals surface area contributed by atoms with E-state index in [0.717, 1.165) is 5.56 Å². The fraction of sp³-hybridized carbons (Fsp3) is 0.350. The van der Waals surface area contributed by atoms with Gasteiger partial charge in [-0.3, -0.25) is 4.79 Å². The van der Waals surface area contributed by atoms with Gasteiger partial charge in [-0.25, -0.2) is 0 Å². The Labute approximate surface area is 171 Å². The van der Waals surface area contributed by atoms with Gasteiger partial charge in [-0.15, -0.1) is 0 Å². The second kappa shape index (κ2) is 10.1. The maximum Gasteiger partial charge on any atom is 0.315 e. The normalized spacial score (nSPS) is 25.8. The van der Waals surface area contributed by atoms with E-state index in [1.807, 2.05) is 18.2 Å². The Bertz CT molecular complexity index is 904. The molecule has 1 aliphatic rings. The molecule has 1 aliphatic heterocycles. The van der Waals surface area contributed by atoms with Crippen molar-refractivity contribution >= 4 is 5.97 Å². The molecule has 2 aromatic carbocycles. The van der Waals surface area contributed by atoms with E-state index in [0.29, 0.717) is 0 Å². The van der Waals surface area contributed by atoms with Gasteiger partial charge in [0.05, 0.1) is 19.1 Å². The number of rotatable bonds is 7. The van der Waals surface area contributed by atoms with Crippen molar-refractivity contribution in [3.63, 3.8) is 0 Å². The first-order valence-electron chi connectivity index (χ1n) is 9.20. The molecule has 1 saturated heterocycles. The van der Waals surface area contributed by atoms with E-state index in [-0.39, 0.29) is 24.5 Å². The molecule has 0 aromatic heterocycles. The number of nitrogens with zero attached hydrogens (tertiary/aromatic N) is 3. The molecule has 5 atom stereocenters. The van der Waals surface area contributed by atoms with Crippen LogP contribution in [0.15, 0.2) is 59.7 Å². The first-order chi connectivity index (χ1) is 14.5. The number of benzene rings is 2. The van der Waals surface area contributed by atoms with Crippen LogP contribution in [0.25, 0.3) is 10.4 Å². The Morgan fingerprint density at radius 2 is 1.67 bits per heavy atom. The average Bonchev–Trinajstić information content (AvgIpc) is 2.75. The minimum atomic E-state index is -1.59. The van der Waals surface area contributed by atoms with Crippen molar-refractivity contribution in [3.05, 3.63) is 70.6 Å². The van der Waals surface area contributed by atoms with Crippen LogP contribution in [0.5, 0.6) is 11.5 Å². The second-order valence-corrected chi connectivity index (χ2v) is 6.63. The Balaban J connectivity index is 1.71. The van der Waals surface area contributed by atoms with Crippen molar-refractivity contribution in [1.82, 2.24) is 0 Å². The van der Waals surface area contributed by atoms with Crippen molar-refractivity contribution in [3.8, 4) is 11.5 Å². The van der Waals surface area contributed by atoms with Crippen molar-refractivity contribution in [2.24, 2.45) is 5.11 Å². The molecule has 158 valence electrons. The third-order valence-electron chi connectivity index (χ3n) is 4.50. The number of para-hydroxylation sites is 2. The summed E-state index contributed by atoms with van der Waals surface area (Å²) in [6, 6.07) is 15.3. The SMILES string of the molecule is [N-]=[N+]=NC[C@H]1O[C@@H](Oc2ccccc2OC(=O)Cc2ccccc2)[C@@H](O)[C@@H](O)[C@@H]1O. The van der Waals surface area contributed by atoms with Crippen LogP contribution in [-0.2, 0) is 16.0 Å². The molecule has 10 heteroatoms. The van der Waals surface area contributed by atoms with Gasteiger partial charge < -0.3 is 29.5 Å². The number of carbonyl (C=O) groups excluding carboxylic acids is 1. The third-order valence-corrected chi connectivity index (χ3v) is 4.50. The monoisotopic (exact) mass is 415 g/mol. The first kappa shape index (κ1) is 21.6. The molecule has 0 unspecified atom stereocenters. The van der Waals surface area contributed by atoms with Crippen LogP contribution >= 0.6 is 0 Å². The highest BCUT2D eigenvalue weighted by Gasteiger charge is 2.44. The van der Waals surface area contributed by atoms with E-state index in [1.165, 1.54) is 12.1 Å². The van der Waals surface area contributed by atoms with Crippen LogP contribution in [0.3, 0.4) is 0 Å². The van der Waals surface area contributed by atoms with Gasteiger partial charge >= 0.3 is 5.97 Å². The molecule has 0 aliphatic carbocycles. The summed E-state index contributed by atoms with van der Waals surface area (Å²) in [7, 11) is 0. The lowest BCUT2D eigenvalue weighted by molar-refractivity contribution is -0.269. The lowest BCUT2D eigenvalue weighted by atomic mass is 9.99. The number of esters is 1. The van der Waals surface area contributed by atoms with Crippen LogP contribution in [-0.4, -0.2) is 58.5 Å². The van der Waals surface area contributed by atoms with Crippen LogP contribution in [0.1, 0.15) is 5.56 Å². The number of ether oxygens (including phenoxy) is 3. The first-order valence-corrected chi connectivity index (χ1v) is 9.20. The number of aliphatic hydroxyl groups is 3. The largest absolute Gasteiger partial charge is 0.458 e. The molecule has 1 fully saturated rings. The molecular weight excluding hydrogens is 394 g/mol. The summed E-state index contributed by atoms with van der Waals surface area (Å²) < 4.78 is 16.5. The van der Waals surface area contributed by atoms with Crippen molar-refractivity contribution in [2.45, 2.75) is 37.1 Å². The van der Waals surface area contributed by atoms with Gasteiger partial charge in [0.15, 0.2) is 11.5 Å². The molecular formula is C20H21N3O7. The van der Waals surface area contributed by atoms with E-state index in [1.54, 1.807) is 24.3 Å². The van der Waals surface area contributed by atoms with E-state index in [9.17, 15) is 20.1 Å². The van der Waals surface area contributed by atoms with Crippen LogP contribution in [0, 0.1) is 0 Å². The predicted molar refractivity (Wildman–Crippen MR) is 104 cm³/mol. The molecule has 1 heterocycles. The van der Waals surface area contributed by atoms with Crippen molar-refractivity contribution in [1.29, 1.82) is 0 Å². The van der Waals surface area contributed by atoms with Gasteiger partial charge in [0.2, 0.25) is 6.29 Å². The Morgan fingerprint density at radius 3 is 2.37 bits per heavy atom. The standard InChI is InChI=1S/C20H21N3O7/c21-23-22-11-15-17(25)18(26)19(27)20(30-15)29-14-9-5-4-8-13(14)28-16(24)10-12-6-2-1-3-7-12/h1-9,15,17-20,25-27H,10-11H2/t15-,17-,18+,19+,20-/m1/s1. The summed E-state index contributed by atoms with van der Waals surface area (Å²) in [4.78, 5) is 14.9. The number of hydrogen-bond donors (Lipinski definition) is 3. The van der Waals surface area contributed by atoms with Gasteiger partial charge in [-0.1, -0.05) is 47.6 Å². The lowest BCUT2D eigenvalue weighted by Gasteiger charge is -2.39. The number of aliphatic hydroxyl groups excluding tert-OH is 3. The Hall–Kier alpha value is -3.14. The molecule has 10 nitrogen and oxygen atoms in total. The molecule has 0 bridgehead atoms. The zero-order valence-corrected chi connectivity index (χ0v) is 15.8. The highest BCUT2D eigenvalue weighted by molar-refractivity contribution is 5.75. The van der Waals surface area contributed by atoms with E-state index >= 15 is 0 Å². The summed E-state index contributed by atoms with van der Waals surface area (Å²) in [5.41, 5.74) is 9.24. The van der Waals surface area contributed by atoms with Crippen LogP contribution in [0.2, 0.25) is 0 Å². The quantitative estimate of drug-likeness (QED) is 0.203. The molecule has 0 radical (unpaired) electrons. The van der Waals surface area contributed by atoms with Crippen LogP contribution < -0.4 is 9.47 Å². The molecule has 0 saturated carbocycles. The highest BCUT2D eigenvalue weighted by atomic mass is 16.7. The fourth-order valence-corrected chi connectivity index (χ4v) is 2.96. The summed E-state index contributed by atoms with van der Waals surface area (Å²) in [6.45, 7) is -0.269. The van der Waals surface area contributed by atoms with E-state index in [2.05, 4.69) is 10.0 Å². The van der Waals surface area contributed by atoms with Gasteiger partial charge in [-0.2, -0.15) is 0 Å². The predicted octanol–water partition coefficient (Wildman–Crippen LogP) is 1.33. The number of hydrogen-bond acceptors (Lipinski definition) is 8.